The summed E-state index contributed by atoms with van der Waals surface area (Å²) in [5.74, 6) is 1.88. The summed E-state index contributed by atoms with van der Waals surface area (Å²) in [4.78, 5) is 18.2. The van der Waals surface area contributed by atoms with Crippen molar-refractivity contribution in [1.29, 1.82) is 0 Å². The molecular weight excluding hydrogens is 374 g/mol. The van der Waals surface area contributed by atoms with Crippen LogP contribution in [0.4, 0.5) is 5.82 Å². The summed E-state index contributed by atoms with van der Waals surface area (Å²) in [6, 6.07) is 11.1. The molecule has 1 aliphatic heterocycles. The number of rotatable bonds is 7. The van der Waals surface area contributed by atoms with Crippen molar-refractivity contribution in [3.63, 3.8) is 0 Å². The topological polar surface area (TPSA) is 63.2 Å². The van der Waals surface area contributed by atoms with Gasteiger partial charge in [-0.3, -0.25) is 4.79 Å². The van der Waals surface area contributed by atoms with Crippen LogP contribution in [-0.4, -0.2) is 36.0 Å². The number of nitrogens with zero attached hydrogens (tertiary/aromatic N) is 1. The lowest BCUT2D eigenvalue weighted by atomic mass is 9.79. The minimum absolute atomic E-state index is 0.00510. The Bertz CT molecular complexity index is 832. The fourth-order valence-electron chi connectivity index (χ4n) is 3.58. The molecule has 2 aromatic rings. The first-order valence-electron chi connectivity index (χ1n) is 9.83. The van der Waals surface area contributed by atoms with E-state index in [1.807, 2.05) is 32.0 Å². The van der Waals surface area contributed by atoms with Gasteiger partial charge in [-0.25, -0.2) is 4.98 Å². The van der Waals surface area contributed by atoms with E-state index in [9.17, 15) is 4.79 Å². The molecular formula is C22H28ClN3O2. The quantitative estimate of drug-likeness (QED) is 0.669. The van der Waals surface area contributed by atoms with Crippen molar-refractivity contribution in [2.75, 3.05) is 25.0 Å². The van der Waals surface area contributed by atoms with Gasteiger partial charge >= 0.3 is 0 Å². The average Bonchev–Trinajstić information content (AvgIpc) is 2.69. The Morgan fingerprint density at radius 3 is 2.89 bits per heavy atom. The number of hydrogen-bond donors (Lipinski definition) is 2. The molecule has 2 N–H and O–H groups in total. The van der Waals surface area contributed by atoms with Crippen molar-refractivity contribution in [1.82, 2.24) is 10.3 Å². The Kier molecular flexibility index (Phi) is 6.57. The number of hydrogen-bond acceptors (Lipinski definition) is 5. The number of pyridine rings is 1. The minimum Gasteiger partial charge on any atom is -0.493 e. The molecule has 0 spiro atoms. The second kappa shape index (κ2) is 8.93. The molecule has 1 aliphatic rings. The van der Waals surface area contributed by atoms with Crippen LogP contribution in [-0.2, 0) is 0 Å². The predicted molar refractivity (Wildman–Crippen MR) is 114 cm³/mol. The van der Waals surface area contributed by atoms with Gasteiger partial charge in [-0.2, -0.15) is 0 Å². The second-order valence-electron chi connectivity index (χ2n) is 7.53. The third-order valence-corrected chi connectivity index (χ3v) is 5.47. The molecule has 0 amide bonds. The summed E-state index contributed by atoms with van der Waals surface area (Å²) in [7, 11) is 0. The fraction of sp³-hybridized carbons (Fsp3) is 0.455. The maximum Gasteiger partial charge on any atom is 0.188 e. The highest BCUT2D eigenvalue weighted by atomic mass is 35.5. The summed E-state index contributed by atoms with van der Waals surface area (Å²) in [5.41, 5.74) is 0.730. The van der Waals surface area contributed by atoms with E-state index >= 15 is 0 Å². The first-order valence-corrected chi connectivity index (χ1v) is 10.2. The number of carbonyl (C=O) groups is 1. The number of anilines is 1. The van der Waals surface area contributed by atoms with Gasteiger partial charge in [0.05, 0.1) is 17.7 Å². The van der Waals surface area contributed by atoms with E-state index in [0.717, 1.165) is 30.9 Å². The monoisotopic (exact) mass is 401 g/mol. The Labute approximate surface area is 171 Å². The fourth-order valence-corrected chi connectivity index (χ4v) is 3.75. The zero-order valence-corrected chi connectivity index (χ0v) is 17.5. The van der Waals surface area contributed by atoms with Crippen LogP contribution in [0.2, 0.25) is 5.02 Å². The van der Waals surface area contributed by atoms with Gasteiger partial charge in [0.2, 0.25) is 0 Å². The summed E-state index contributed by atoms with van der Waals surface area (Å²) < 4.78 is 5.71. The van der Waals surface area contributed by atoms with Crippen molar-refractivity contribution in [3.05, 3.63) is 52.7 Å². The number of ketones is 1. The predicted octanol–water partition coefficient (Wildman–Crippen LogP) is 4.50. The molecule has 0 unspecified atom stereocenters. The molecule has 0 radical (unpaired) electrons. The van der Waals surface area contributed by atoms with Gasteiger partial charge in [0.25, 0.3) is 0 Å². The Hall–Kier alpha value is -2.11. The standard InChI is InChI=1S/C22H28ClN3O2/c1-4-28-19-9-8-17(23)12-18(19)21(27)22(11-10-15(2)13-25-22)14-24-20-7-5-6-16(3)26-20/h5-9,12,15,25H,4,10-11,13-14H2,1-3H3,(H,24,26)/t15-,22-/m0/s1. The summed E-state index contributed by atoms with van der Waals surface area (Å²) in [6.45, 7) is 7.79. The number of ether oxygens (including phenoxy) is 1. The molecule has 5 nitrogen and oxygen atoms in total. The minimum atomic E-state index is -0.728. The van der Waals surface area contributed by atoms with Gasteiger partial charge < -0.3 is 15.4 Å². The maximum absolute atomic E-state index is 13.7. The van der Waals surface area contributed by atoms with Gasteiger partial charge in [-0.1, -0.05) is 24.6 Å². The molecule has 1 saturated heterocycles. The molecule has 28 heavy (non-hydrogen) atoms. The largest absolute Gasteiger partial charge is 0.493 e. The lowest BCUT2D eigenvalue weighted by Crippen LogP contribution is -2.60. The average molecular weight is 402 g/mol. The lowest BCUT2D eigenvalue weighted by molar-refractivity contribution is 0.0803. The van der Waals surface area contributed by atoms with Crippen molar-refractivity contribution < 1.29 is 9.53 Å². The molecule has 6 heteroatoms. The summed E-state index contributed by atoms with van der Waals surface area (Å²) in [5, 5.41) is 7.40. The number of aryl methyl sites for hydroxylation is 1. The van der Waals surface area contributed by atoms with Gasteiger partial charge in [0.15, 0.2) is 5.78 Å². The first-order chi connectivity index (χ1) is 13.4. The van der Waals surface area contributed by atoms with E-state index in [0.29, 0.717) is 35.4 Å². The van der Waals surface area contributed by atoms with E-state index in [2.05, 4.69) is 22.5 Å². The number of nitrogens with one attached hydrogen (secondary N) is 2. The van der Waals surface area contributed by atoms with Crippen LogP contribution in [0.15, 0.2) is 36.4 Å². The Morgan fingerprint density at radius 1 is 1.39 bits per heavy atom. The van der Waals surface area contributed by atoms with Crippen LogP contribution >= 0.6 is 11.6 Å². The van der Waals surface area contributed by atoms with Crippen LogP contribution in [0, 0.1) is 12.8 Å². The van der Waals surface area contributed by atoms with Crippen LogP contribution in [0.1, 0.15) is 42.7 Å². The molecule has 2 atom stereocenters. The van der Waals surface area contributed by atoms with Gasteiger partial charge in [0, 0.05) is 17.3 Å². The molecule has 0 bridgehead atoms. The number of Topliss-reactive ketones (excluding diaryl/α,β-unsaturated/α-hetero) is 1. The highest BCUT2D eigenvalue weighted by molar-refractivity contribution is 6.31. The van der Waals surface area contributed by atoms with E-state index in [-0.39, 0.29) is 5.78 Å². The van der Waals surface area contributed by atoms with Crippen molar-refractivity contribution in [2.24, 2.45) is 5.92 Å². The number of halogens is 1. The maximum atomic E-state index is 13.7. The molecule has 1 aromatic carbocycles. The molecule has 0 saturated carbocycles. The Morgan fingerprint density at radius 2 is 2.21 bits per heavy atom. The molecule has 150 valence electrons. The smallest absolute Gasteiger partial charge is 0.188 e. The van der Waals surface area contributed by atoms with Crippen LogP contribution in [0.5, 0.6) is 5.75 Å². The molecule has 1 aromatic heterocycles. The number of piperidine rings is 1. The van der Waals surface area contributed by atoms with E-state index < -0.39 is 5.54 Å². The van der Waals surface area contributed by atoms with Crippen LogP contribution in [0.25, 0.3) is 0 Å². The Balaban J connectivity index is 1.91. The van der Waals surface area contributed by atoms with Gasteiger partial charge in [-0.05, 0) is 69.5 Å². The zero-order chi connectivity index (χ0) is 20.1. The van der Waals surface area contributed by atoms with Crippen LogP contribution < -0.4 is 15.4 Å². The number of benzene rings is 1. The van der Waals surface area contributed by atoms with E-state index in [1.54, 1.807) is 18.2 Å². The first kappa shape index (κ1) is 20.6. The number of aromatic nitrogens is 1. The van der Waals surface area contributed by atoms with E-state index in [4.69, 9.17) is 16.3 Å². The summed E-state index contributed by atoms with van der Waals surface area (Å²) >= 11 is 6.21. The second-order valence-corrected chi connectivity index (χ2v) is 7.96. The highest BCUT2D eigenvalue weighted by Crippen LogP contribution is 2.32. The number of carbonyl (C=O) groups excluding carboxylic acids is 1. The van der Waals surface area contributed by atoms with Crippen molar-refractivity contribution in [2.45, 2.75) is 39.2 Å². The third kappa shape index (κ3) is 4.65. The van der Waals surface area contributed by atoms with Crippen LogP contribution in [0.3, 0.4) is 0 Å². The molecule has 1 fully saturated rings. The molecule has 3 rings (SSSR count). The van der Waals surface area contributed by atoms with Crippen molar-refractivity contribution >= 4 is 23.2 Å². The van der Waals surface area contributed by atoms with Crippen molar-refractivity contribution in [3.8, 4) is 5.75 Å². The zero-order valence-electron chi connectivity index (χ0n) is 16.7. The van der Waals surface area contributed by atoms with E-state index in [1.165, 1.54) is 0 Å². The summed E-state index contributed by atoms with van der Waals surface area (Å²) in [6.07, 6.45) is 1.72. The lowest BCUT2D eigenvalue weighted by Gasteiger charge is -2.40. The van der Waals surface area contributed by atoms with Gasteiger partial charge in [0.1, 0.15) is 11.6 Å². The molecule has 2 heterocycles. The van der Waals surface area contributed by atoms with Gasteiger partial charge in [-0.15, -0.1) is 0 Å². The SMILES string of the molecule is CCOc1ccc(Cl)cc1C(=O)[C@@]1(CNc2cccc(C)n2)CC[C@H](C)CN1. The normalized spacial score (nSPS) is 21.9. The third-order valence-electron chi connectivity index (χ3n) is 5.23. The highest BCUT2D eigenvalue weighted by Gasteiger charge is 2.42. The molecule has 0 aliphatic carbocycles.